The number of thiol groups is 1. The number of amides is 3. The summed E-state index contributed by atoms with van der Waals surface area (Å²) in [5.41, 5.74) is 16.8. The second-order valence-corrected chi connectivity index (χ2v) is 8.41. The van der Waals surface area contributed by atoms with E-state index in [1.165, 1.54) is 0 Å². The highest BCUT2D eigenvalue weighted by Crippen LogP contribution is 2.06. The molecule has 186 valence electrons. The highest BCUT2D eigenvalue weighted by atomic mass is 32.1. The fourth-order valence-corrected chi connectivity index (χ4v) is 3.08. The maximum Gasteiger partial charge on any atom is 0.326 e. The number of carboxylic acids is 1. The smallest absolute Gasteiger partial charge is 0.326 e. The second kappa shape index (κ2) is 16.7. The van der Waals surface area contributed by atoms with Crippen LogP contribution in [0.15, 0.2) is 0 Å². The van der Waals surface area contributed by atoms with Crippen molar-refractivity contribution in [2.75, 3.05) is 18.8 Å². The lowest BCUT2D eigenvalue weighted by Gasteiger charge is -2.25. The van der Waals surface area contributed by atoms with Gasteiger partial charge < -0.3 is 38.3 Å². The molecular weight excluding hydrogens is 436 g/mol. The van der Waals surface area contributed by atoms with E-state index in [0.717, 1.165) is 0 Å². The second-order valence-electron chi connectivity index (χ2n) is 8.04. The van der Waals surface area contributed by atoms with E-state index in [4.69, 9.17) is 17.2 Å². The molecule has 0 saturated heterocycles. The molecule has 0 aliphatic carbocycles. The van der Waals surface area contributed by atoms with Gasteiger partial charge >= 0.3 is 5.97 Å². The summed E-state index contributed by atoms with van der Waals surface area (Å²) in [5.74, 6) is -3.05. The van der Waals surface area contributed by atoms with Crippen molar-refractivity contribution in [3.63, 3.8) is 0 Å². The third-order valence-corrected chi connectivity index (χ3v) is 5.34. The van der Waals surface area contributed by atoms with Crippen LogP contribution in [0, 0.1) is 5.92 Å². The molecule has 0 aromatic carbocycles. The Balaban J connectivity index is 5.18. The Hall–Kier alpha value is -1.89. The van der Waals surface area contributed by atoms with E-state index in [0.29, 0.717) is 45.2 Å². The first-order valence-corrected chi connectivity index (χ1v) is 11.6. The summed E-state index contributed by atoms with van der Waals surface area (Å²) in [6.07, 6.45) is 2.96. The molecule has 12 heteroatoms. The van der Waals surface area contributed by atoms with Crippen molar-refractivity contribution in [2.45, 2.75) is 76.5 Å². The molecule has 0 radical (unpaired) electrons. The number of carbonyl (C=O) groups is 4. The zero-order chi connectivity index (χ0) is 24.7. The fourth-order valence-electron chi connectivity index (χ4n) is 2.82. The van der Waals surface area contributed by atoms with Crippen LogP contribution in [0.3, 0.4) is 0 Å². The molecule has 0 rings (SSSR count). The third kappa shape index (κ3) is 11.7. The first-order valence-electron chi connectivity index (χ1n) is 11.0. The minimum Gasteiger partial charge on any atom is -0.480 e. The van der Waals surface area contributed by atoms with Crippen molar-refractivity contribution in [1.29, 1.82) is 0 Å². The number of aliphatic carboxylic acids is 1. The van der Waals surface area contributed by atoms with E-state index in [1.54, 1.807) is 13.8 Å². The summed E-state index contributed by atoms with van der Waals surface area (Å²) < 4.78 is 0. The molecule has 0 saturated carbocycles. The van der Waals surface area contributed by atoms with Crippen LogP contribution in [0.25, 0.3) is 0 Å². The molecule has 0 aliphatic heterocycles. The van der Waals surface area contributed by atoms with Gasteiger partial charge in [0.25, 0.3) is 0 Å². The van der Waals surface area contributed by atoms with Gasteiger partial charge in [-0.25, -0.2) is 4.79 Å². The van der Waals surface area contributed by atoms with Gasteiger partial charge in [-0.2, -0.15) is 12.6 Å². The summed E-state index contributed by atoms with van der Waals surface area (Å²) in [6, 6.07) is -3.87. The Morgan fingerprint density at radius 1 is 0.781 bits per heavy atom. The summed E-state index contributed by atoms with van der Waals surface area (Å²) in [4.78, 5) is 49.2. The topological polar surface area (TPSA) is 203 Å². The van der Waals surface area contributed by atoms with E-state index in [1.807, 2.05) is 0 Å². The Morgan fingerprint density at radius 2 is 1.22 bits per heavy atom. The predicted octanol–water partition coefficient (Wildman–Crippen LogP) is -1.30. The zero-order valence-corrected chi connectivity index (χ0v) is 19.9. The van der Waals surface area contributed by atoms with Crippen LogP contribution in [-0.2, 0) is 19.2 Å². The van der Waals surface area contributed by atoms with Gasteiger partial charge in [-0.3, -0.25) is 14.4 Å². The first kappa shape index (κ1) is 30.1. The number of nitrogens with two attached hydrogens (primary N) is 3. The SMILES string of the molecule is CC(C)C(N)C(=O)NC(CCCCN)C(=O)NC(CS)C(=O)NC(CCCCN)C(=O)O. The molecule has 0 fully saturated rings. The van der Waals surface area contributed by atoms with Crippen LogP contribution >= 0.6 is 12.6 Å². The first-order chi connectivity index (χ1) is 15.1. The van der Waals surface area contributed by atoms with Crippen molar-refractivity contribution in [1.82, 2.24) is 16.0 Å². The highest BCUT2D eigenvalue weighted by Gasteiger charge is 2.29. The van der Waals surface area contributed by atoms with E-state index < -0.39 is 47.9 Å². The van der Waals surface area contributed by atoms with Gasteiger partial charge in [0.15, 0.2) is 0 Å². The fraction of sp³-hybridized carbons (Fsp3) is 0.800. The number of unbranched alkanes of at least 4 members (excludes halogenated alkanes) is 2. The predicted molar refractivity (Wildman–Crippen MR) is 126 cm³/mol. The Morgan fingerprint density at radius 3 is 1.66 bits per heavy atom. The van der Waals surface area contributed by atoms with Crippen molar-refractivity contribution < 1.29 is 24.3 Å². The van der Waals surface area contributed by atoms with Crippen LogP contribution in [0.5, 0.6) is 0 Å². The zero-order valence-electron chi connectivity index (χ0n) is 19.0. The van der Waals surface area contributed by atoms with Crippen LogP contribution in [0.2, 0.25) is 0 Å². The van der Waals surface area contributed by atoms with Crippen molar-refractivity contribution in [2.24, 2.45) is 23.1 Å². The molecule has 0 heterocycles. The van der Waals surface area contributed by atoms with Gasteiger partial charge in [0.1, 0.15) is 18.1 Å². The van der Waals surface area contributed by atoms with Crippen LogP contribution < -0.4 is 33.2 Å². The van der Waals surface area contributed by atoms with Crippen LogP contribution in [-0.4, -0.2) is 71.8 Å². The lowest BCUT2D eigenvalue weighted by Crippen LogP contribution is -2.58. The number of carboxylic acid groups (broad SMARTS) is 1. The molecule has 32 heavy (non-hydrogen) atoms. The average Bonchev–Trinajstić information content (AvgIpc) is 2.74. The summed E-state index contributed by atoms with van der Waals surface area (Å²) in [7, 11) is 0. The van der Waals surface area contributed by atoms with Gasteiger partial charge in [0.2, 0.25) is 17.7 Å². The van der Waals surface area contributed by atoms with Gasteiger partial charge in [-0.05, 0) is 57.5 Å². The minimum absolute atomic E-state index is 0.0539. The van der Waals surface area contributed by atoms with Crippen molar-refractivity contribution in [3.05, 3.63) is 0 Å². The maximum absolute atomic E-state index is 12.8. The molecule has 0 aromatic rings. The minimum atomic E-state index is -1.17. The van der Waals surface area contributed by atoms with E-state index in [9.17, 15) is 24.3 Å². The number of hydrogen-bond acceptors (Lipinski definition) is 8. The standard InChI is InChI=1S/C20H40N6O5S/c1-12(2)16(23)19(29)24-13(7-3-5-9-21)17(27)26-15(11-32)18(28)25-14(20(30)31)8-4-6-10-22/h12-16,32H,3-11,21-23H2,1-2H3,(H,24,29)(H,25,28)(H,26,27)(H,30,31). The Labute approximate surface area is 195 Å². The lowest BCUT2D eigenvalue weighted by atomic mass is 10.0. The summed E-state index contributed by atoms with van der Waals surface area (Å²) in [6.45, 7) is 4.45. The molecule has 3 amide bonds. The molecule has 0 aliphatic rings. The molecule has 11 nitrogen and oxygen atoms in total. The van der Waals surface area contributed by atoms with E-state index in [2.05, 4.69) is 28.6 Å². The lowest BCUT2D eigenvalue weighted by molar-refractivity contribution is -0.142. The Bertz CT molecular complexity index is 607. The van der Waals surface area contributed by atoms with Crippen molar-refractivity contribution in [3.8, 4) is 0 Å². The van der Waals surface area contributed by atoms with Gasteiger partial charge in [0, 0.05) is 5.75 Å². The highest BCUT2D eigenvalue weighted by molar-refractivity contribution is 7.80. The normalized spacial score (nSPS) is 14.8. The quantitative estimate of drug-likeness (QED) is 0.0933. The summed E-state index contributed by atoms with van der Waals surface area (Å²) in [5, 5.41) is 17.0. The number of rotatable bonds is 17. The summed E-state index contributed by atoms with van der Waals surface area (Å²) >= 11 is 4.11. The van der Waals surface area contributed by atoms with Gasteiger partial charge in [0.05, 0.1) is 6.04 Å². The van der Waals surface area contributed by atoms with E-state index in [-0.39, 0.29) is 18.1 Å². The van der Waals surface area contributed by atoms with Crippen LogP contribution in [0.4, 0.5) is 0 Å². The molecule has 0 bridgehead atoms. The molecule has 4 atom stereocenters. The van der Waals surface area contributed by atoms with Gasteiger partial charge in [-0.1, -0.05) is 13.8 Å². The molecule has 10 N–H and O–H groups in total. The Kier molecular flexibility index (Phi) is 15.7. The molecule has 4 unspecified atom stereocenters. The van der Waals surface area contributed by atoms with Gasteiger partial charge in [-0.15, -0.1) is 0 Å². The number of carbonyl (C=O) groups excluding carboxylic acids is 3. The third-order valence-electron chi connectivity index (χ3n) is 4.98. The van der Waals surface area contributed by atoms with E-state index >= 15 is 0 Å². The monoisotopic (exact) mass is 476 g/mol. The number of hydrogen-bond donors (Lipinski definition) is 8. The molecule has 0 spiro atoms. The number of nitrogens with one attached hydrogen (secondary N) is 3. The largest absolute Gasteiger partial charge is 0.480 e. The van der Waals surface area contributed by atoms with Crippen molar-refractivity contribution >= 4 is 36.3 Å². The molecule has 0 aromatic heterocycles. The maximum atomic E-state index is 12.8. The van der Waals surface area contributed by atoms with Crippen LogP contribution in [0.1, 0.15) is 52.4 Å². The average molecular weight is 477 g/mol. The molecular formula is C20H40N6O5S.